The van der Waals surface area contributed by atoms with Gasteiger partial charge in [-0.15, -0.1) is 0 Å². The highest BCUT2D eigenvalue weighted by atomic mass is 32.2. The van der Waals surface area contributed by atoms with Crippen molar-refractivity contribution in [3.63, 3.8) is 0 Å². The lowest BCUT2D eigenvalue weighted by atomic mass is 10.0. The maximum absolute atomic E-state index is 14.7. The summed E-state index contributed by atoms with van der Waals surface area (Å²) < 4.78 is 46.1. The minimum Gasteiger partial charge on any atom is -0.497 e. The summed E-state index contributed by atoms with van der Waals surface area (Å²) >= 11 is 0. The molecule has 10 nitrogen and oxygen atoms in total. The zero-order valence-electron chi connectivity index (χ0n) is 28.7. The molecule has 2 amide bonds. The Bertz CT molecular complexity index is 1800. The molecule has 0 bridgehead atoms. The van der Waals surface area contributed by atoms with Crippen LogP contribution < -0.4 is 23.8 Å². The van der Waals surface area contributed by atoms with Crippen LogP contribution in [-0.2, 0) is 32.6 Å². The zero-order valence-corrected chi connectivity index (χ0v) is 29.5. The fourth-order valence-corrected chi connectivity index (χ4v) is 6.80. The van der Waals surface area contributed by atoms with E-state index in [1.807, 2.05) is 56.3 Å². The normalized spacial score (nSPS) is 11.7. The predicted octanol–water partition coefficient (Wildman–Crippen LogP) is 5.77. The molecule has 4 aromatic rings. The van der Waals surface area contributed by atoms with Gasteiger partial charge in [0.05, 0.1) is 31.9 Å². The van der Waals surface area contributed by atoms with Gasteiger partial charge in [-0.3, -0.25) is 13.9 Å². The number of anilines is 1. The number of methoxy groups -OCH3 is 3. The number of ether oxygens (including phenoxy) is 3. The van der Waals surface area contributed by atoms with E-state index in [-0.39, 0.29) is 29.5 Å². The molecule has 0 saturated carbocycles. The average molecular weight is 688 g/mol. The van der Waals surface area contributed by atoms with Gasteiger partial charge in [0.2, 0.25) is 11.8 Å². The van der Waals surface area contributed by atoms with Crippen LogP contribution in [0.1, 0.15) is 36.5 Å². The molecule has 0 heterocycles. The molecule has 1 N–H and O–H groups in total. The number of sulfonamides is 1. The molecule has 49 heavy (non-hydrogen) atoms. The Balaban J connectivity index is 1.82. The van der Waals surface area contributed by atoms with Crippen molar-refractivity contribution >= 4 is 27.5 Å². The number of hydrogen-bond acceptors (Lipinski definition) is 7. The topological polar surface area (TPSA) is 114 Å². The Labute approximate surface area is 289 Å². The van der Waals surface area contributed by atoms with E-state index in [4.69, 9.17) is 14.2 Å². The van der Waals surface area contributed by atoms with Crippen molar-refractivity contribution in [2.24, 2.45) is 0 Å². The third-order valence-corrected chi connectivity index (χ3v) is 9.90. The first-order valence-electron chi connectivity index (χ1n) is 16.2. The van der Waals surface area contributed by atoms with E-state index in [0.717, 1.165) is 33.8 Å². The second kappa shape index (κ2) is 17.4. The lowest BCUT2D eigenvalue weighted by Crippen LogP contribution is -2.53. The number of benzene rings is 4. The van der Waals surface area contributed by atoms with Crippen LogP contribution >= 0.6 is 0 Å². The molecule has 11 heteroatoms. The average Bonchev–Trinajstić information content (AvgIpc) is 3.12. The molecule has 0 aliphatic carbocycles. The molecule has 0 saturated heterocycles. The summed E-state index contributed by atoms with van der Waals surface area (Å²) in [6.07, 6.45) is 1.88. The van der Waals surface area contributed by atoms with E-state index in [9.17, 15) is 18.0 Å². The summed E-state index contributed by atoms with van der Waals surface area (Å²) in [7, 11) is 0.110. The number of hydrogen-bond donors (Lipinski definition) is 1. The third-order valence-electron chi connectivity index (χ3n) is 8.13. The maximum Gasteiger partial charge on any atom is 0.264 e. The van der Waals surface area contributed by atoms with E-state index in [0.29, 0.717) is 23.7 Å². The highest BCUT2D eigenvalue weighted by Gasteiger charge is 2.35. The van der Waals surface area contributed by atoms with Crippen LogP contribution in [0.15, 0.2) is 102 Å². The molecule has 0 radical (unpaired) electrons. The number of carbonyl (C=O) groups is 2. The van der Waals surface area contributed by atoms with Crippen molar-refractivity contribution in [1.82, 2.24) is 10.2 Å². The number of nitrogens with zero attached hydrogens (tertiary/aromatic N) is 2. The number of aryl methyl sites for hydroxylation is 1. The van der Waals surface area contributed by atoms with Crippen LogP contribution in [0, 0.1) is 6.92 Å². The lowest BCUT2D eigenvalue weighted by Gasteiger charge is -2.34. The van der Waals surface area contributed by atoms with E-state index < -0.39 is 28.5 Å². The summed E-state index contributed by atoms with van der Waals surface area (Å²) in [6.45, 7) is 3.84. The quantitative estimate of drug-likeness (QED) is 0.140. The van der Waals surface area contributed by atoms with Gasteiger partial charge >= 0.3 is 0 Å². The molecule has 1 atom stereocenters. The number of nitrogens with one attached hydrogen (secondary N) is 1. The van der Waals surface area contributed by atoms with Crippen molar-refractivity contribution in [1.29, 1.82) is 0 Å². The summed E-state index contributed by atoms with van der Waals surface area (Å²) in [5.74, 6) is 0.304. The van der Waals surface area contributed by atoms with Gasteiger partial charge in [0.25, 0.3) is 10.0 Å². The van der Waals surface area contributed by atoms with E-state index in [2.05, 4.69) is 5.32 Å². The molecular formula is C38H45N3O7S. The minimum atomic E-state index is -4.33. The molecule has 0 aliphatic heterocycles. The fourth-order valence-electron chi connectivity index (χ4n) is 5.37. The Morgan fingerprint density at radius 2 is 1.49 bits per heavy atom. The zero-order chi connectivity index (χ0) is 35.4. The first-order valence-corrected chi connectivity index (χ1v) is 17.6. The van der Waals surface area contributed by atoms with Gasteiger partial charge in [-0.2, -0.15) is 0 Å². The molecular weight excluding hydrogens is 642 g/mol. The van der Waals surface area contributed by atoms with E-state index in [1.54, 1.807) is 43.5 Å². The first-order chi connectivity index (χ1) is 23.6. The Hall–Kier alpha value is -5.03. The second-order valence-corrected chi connectivity index (χ2v) is 13.4. The van der Waals surface area contributed by atoms with Gasteiger partial charge in [-0.25, -0.2) is 8.42 Å². The summed E-state index contributed by atoms with van der Waals surface area (Å²) in [4.78, 5) is 30.0. The molecule has 0 aliphatic rings. The first kappa shape index (κ1) is 36.8. The van der Waals surface area contributed by atoms with Gasteiger partial charge in [-0.1, -0.05) is 73.5 Å². The summed E-state index contributed by atoms with van der Waals surface area (Å²) in [5.41, 5.74) is 2.79. The van der Waals surface area contributed by atoms with Crippen LogP contribution in [-0.4, -0.2) is 65.6 Å². The number of carbonyl (C=O) groups excluding carboxylic acids is 2. The monoisotopic (exact) mass is 687 g/mol. The lowest BCUT2D eigenvalue weighted by molar-refractivity contribution is -0.140. The number of amides is 2. The van der Waals surface area contributed by atoms with Crippen LogP contribution in [0.4, 0.5) is 5.69 Å². The molecule has 4 aromatic carbocycles. The Kier molecular flexibility index (Phi) is 13.1. The van der Waals surface area contributed by atoms with Gasteiger partial charge in [0.1, 0.15) is 18.3 Å². The molecule has 260 valence electrons. The molecule has 0 spiro atoms. The van der Waals surface area contributed by atoms with Crippen LogP contribution in [0.3, 0.4) is 0 Å². The summed E-state index contributed by atoms with van der Waals surface area (Å²) in [5, 5.41) is 3.00. The van der Waals surface area contributed by atoms with Gasteiger partial charge in [0.15, 0.2) is 11.5 Å². The van der Waals surface area contributed by atoms with Crippen LogP contribution in [0.5, 0.6) is 17.2 Å². The third kappa shape index (κ3) is 9.54. The molecule has 0 unspecified atom stereocenters. The largest absolute Gasteiger partial charge is 0.497 e. The van der Waals surface area contributed by atoms with E-state index >= 15 is 0 Å². The Morgan fingerprint density at radius 1 is 0.796 bits per heavy atom. The fraction of sp³-hybridized carbons (Fsp3) is 0.316. The van der Waals surface area contributed by atoms with Gasteiger partial charge in [0, 0.05) is 25.6 Å². The summed E-state index contributed by atoms with van der Waals surface area (Å²) in [6, 6.07) is 26.9. The standard InChI is InChI=1S/C38H45N3O7S/c1-6-7-22-39-38(43)34(24-29-12-9-8-10-13-29)40(26-30-14-11-15-32(23-30)46-3)37(42)27-41(31-18-16-28(2)17-19-31)49(44,45)33-20-21-35(47-4)36(25-33)48-5/h8-21,23,25,34H,6-7,22,24,26-27H2,1-5H3,(H,39,43)/t34-/m1/s1. The van der Waals surface area contributed by atoms with Crippen molar-refractivity contribution in [2.45, 2.75) is 50.6 Å². The minimum absolute atomic E-state index is 0.0346. The molecule has 0 fully saturated rings. The van der Waals surface area contributed by atoms with Gasteiger partial charge in [-0.05, 0) is 60.9 Å². The van der Waals surface area contributed by atoms with Gasteiger partial charge < -0.3 is 24.4 Å². The van der Waals surface area contributed by atoms with Crippen LogP contribution in [0.25, 0.3) is 0 Å². The Morgan fingerprint density at radius 3 is 2.14 bits per heavy atom. The van der Waals surface area contributed by atoms with Crippen LogP contribution in [0.2, 0.25) is 0 Å². The highest BCUT2D eigenvalue weighted by molar-refractivity contribution is 7.92. The predicted molar refractivity (Wildman–Crippen MR) is 191 cm³/mol. The second-order valence-electron chi connectivity index (χ2n) is 11.6. The van der Waals surface area contributed by atoms with Crippen molar-refractivity contribution in [3.05, 3.63) is 114 Å². The van der Waals surface area contributed by atoms with Crippen molar-refractivity contribution in [3.8, 4) is 17.2 Å². The smallest absolute Gasteiger partial charge is 0.264 e. The maximum atomic E-state index is 14.7. The van der Waals surface area contributed by atoms with E-state index in [1.165, 1.54) is 37.3 Å². The van der Waals surface area contributed by atoms with Crippen molar-refractivity contribution < 1.29 is 32.2 Å². The molecule has 0 aromatic heterocycles. The number of rotatable bonds is 17. The highest BCUT2D eigenvalue weighted by Crippen LogP contribution is 2.32. The molecule has 4 rings (SSSR count). The SMILES string of the molecule is CCCCNC(=O)[C@@H](Cc1ccccc1)N(Cc1cccc(OC)c1)C(=O)CN(c1ccc(C)cc1)S(=O)(=O)c1ccc(OC)c(OC)c1. The number of unbranched alkanes of at least 4 members (excludes halogenated alkanes) is 1. The van der Waals surface area contributed by atoms with Crippen molar-refractivity contribution in [2.75, 3.05) is 38.7 Å².